The molecule has 1 unspecified atom stereocenters. The quantitative estimate of drug-likeness (QED) is 0.821. The number of ether oxygens (including phenoxy) is 1. The highest BCUT2D eigenvalue weighted by atomic mass is 16.5. The van der Waals surface area contributed by atoms with Gasteiger partial charge >= 0.3 is 0 Å². The summed E-state index contributed by atoms with van der Waals surface area (Å²) in [7, 11) is 3.73. The molecule has 2 heterocycles. The number of amides is 1. The third kappa shape index (κ3) is 4.15. The molecular weight excluding hydrogens is 326 g/mol. The van der Waals surface area contributed by atoms with Gasteiger partial charge in [0.05, 0.1) is 11.8 Å². The molecule has 1 aromatic carbocycles. The van der Waals surface area contributed by atoms with Gasteiger partial charge in [0, 0.05) is 32.8 Å². The standard InChI is InChI=1S/C21H29N3O2/c1-15-8-9-17(13-16(15)2)20-14-19(22-24(20)4)21(25)23(3)11-10-18-7-5-6-12-26-18/h8-9,13-14,18H,5-7,10-12H2,1-4H3. The average Bonchev–Trinajstić information content (AvgIpc) is 3.04. The van der Waals surface area contributed by atoms with Crippen molar-refractivity contribution in [2.45, 2.75) is 45.6 Å². The van der Waals surface area contributed by atoms with Crippen LogP contribution in [0.5, 0.6) is 0 Å². The van der Waals surface area contributed by atoms with Crippen LogP contribution in [0.2, 0.25) is 0 Å². The summed E-state index contributed by atoms with van der Waals surface area (Å²) in [5.41, 5.74) is 5.03. The highest BCUT2D eigenvalue weighted by molar-refractivity contribution is 5.93. The summed E-state index contributed by atoms with van der Waals surface area (Å²) in [5.74, 6) is -0.0357. The summed E-state index contributed by atoms with van der Waals surface area (Å²) in [5, 5.41) is 4.45. The number of nitrogens with zero attached hydrogens (tertiary/aromatic N) is 3. The van der Waals surface area contributed by atoms with Crippen LogP contribution in [0.3, 0.4) is 0 Å². The molecule has 1 amide bonds. The van der Waals surface area contributed by atoms with E-state index in [2.05, 4.69) is 37.1 Å². The second kappa shape index (κ2) is 8.04. The molecule has 5 nitrogen and oxygen atoms in total. The summed E-state index contributed by atoms with van der Waals surface area (Å²) in [6, 6.07) is 8.22. The second-order valence-electron chi connectivity index (χ2n) is 7.34. The zero-order valence-electron chi connectivity index (χ0n) is 16.3. The van der Waals surface area contributed by atoms with Crippen molar-refractivity contribution in [3.63, 3.8) is 0 Å². The molecule has 2 aromatic rings. The zero-order chi connectivity index (χ0) is 18.7. The van der Waals surface area contributed by atoms with Gasteiger partial charge in [-0.1, -0.05) is 12.1 Å². The van der Waals surface area contributed by atoms with Crippen LogP contribution in [0.1, 0.15) is 47.3 Å². The molecule has 0 spiro atoms. The molecule has 0 saturated carbocycles. The van der Waals surface area contributed by atoms with Crippen molar-refractivity contribution in [3.8, 4) is 11.3 Å². The molecule has 3 rings (SSSR count). The highest BCUT2D eigenvalue weighted by Crippen LogP contribution is 2.23. The van der Waals surface area contributed by atoms with E-state index in [-0.39, 0.29) is 12.0 Å². The summed E-state index contributed by atoms with van der Waals surface area (Å²) >= 11 is 0. The Labute approximate surface area is 156 Å². The molecule has 1 aliphatic heterocycles. The topological polar surface area (TPSA) is 47.4 Å². The van der Waals surface area contributed by atoms with E-state index >= 15 is 0 Å². The molecule has 1 aliphatic rings. The van der Waals surface area contributed by atoms with Gasteiger partial charge < -0.3 is 9.64 Å². The molecule has 1 aromatic heterocycles. The van der Waals surface area contributed by atoms with Crippen molar-refractivity contribution in [1.29, 1.82) is 0 Å². The SMILES string of the molecule is Cc1ccc(-c2cc(C(=O)N(C)CCC3CCCCO3)nn2C)cc1C. The smallest absolute Gasteiger partial charge is 0.274 e. The van der Waals surface area contributed by atoms with Crippen LogP contribution in [0.25, 0.3) is 11.3 Å². The van der Waals surface area contributed by atoms with Crippen molar-refractivity contribution in [2.75, 3.05) is 20.2 Å². The minimum absolute atomic E-state index is 0.0357. The lowest BCUT2D eigenvalue weighted by atomic mass is 10.0. The number of rotatable bonds is 5. The maximum absolute atomic E-state index is 12.7. The zero-order valence-corrected chi connectivity index (χ0v) is 16.3. The summed E-state index contributed by atoms with van der Waals surface area (Å²) in [6.07, 6.45) is 4.65. The first kappa shape index (κ1) is 18.6. The molecular formula is C21H29N3O2. The summed E-state index contributed by atoms with van der Waals surface area (Å²) < 4.78 is 7.55. The van der Waals surface area contributed by atoms with Crippen molar-refractivity contribution < 1.29 is 9.53 Å². The van der Waals surface area contributed by atoms with E-state index in [9.17, 15) is 4.79 Å². The van der Waals surface area contributed by atoms with Gasteiger partial charge in [-0.25, -0.2) is 0 Å². The summed E-state index contributed by atoms with van der Waals surface area (Å²) in [6.45, 7) is 5.74. The van der Waals surface area contributed by atoms with Crippen LogP contribution >= 0.6 is 0 Å². The van der Waals surface area contributed by atoms with Crippen LogP contribution in [-0.4, -0.2) is 46.9 Å². The van der Waals surface area contributed by atoms with E-state index in [0.717, 1.165) is 37.1 Å². The fourth-order valence-electron chi connectivity index (χ4n) is 3.41. The van der Waals surface area contributed by atoms with Crippen molar-refractivity contribution in [1.82, 2.24) is 14.7 Å². The van der Waals surface area contributed by atoms with E-state index < -0.39 is 0 Å². The number of carbonyl (C=O) groups is 1. The Hall–Kier alpha value is -2.14. The van der Waals surface area contributed by atoms with Crippen molar-refractivity contribution in [2.24, 2.45) is 7.05 Å². The minimum Gasteiger partial charge on any atom is -0.378 e. The lowest BCUT2D eigenvalue weighted by Crippen LogP contribution is -2.31. The maximum Gasteiger partial charge on any atom is 0.274 e. The van der Waals surface area contributed by atoms with Gasteiger partial charge in [-0.05, 0) is 62.8 Å². The van der Waals surface area contributed by atoms with Gasteiger partial charge in [0.15, 0.2) is 5.69 Å². The number of hydrogen-bond acceptors (Lipinski definition) is 3. The average molecular weight is 355 g/mol. The number of aryl methyl sites for hydroxylation is 3. The van der Waals surface area contributed by atoms with Gasteiger partial charge in [-0.3, -0.25) is 9.48 Å². The predicted molar refractivity (Wildman–Crippen MR) is 103 cm³/mol. The monoisotopic (exact) mass is 355 g/mol. The fourth-order valence-corrected chi connectivity index (χ4v) is 3.41. The number of hydrogen-bond donors (Lipinski definition) is 0. The lowest BCUT2D eigenvalue weighted by Gasteiger charge is -2.25. The molecule has 140 valence electrons. The van der Waals surface area contributed by atoms with Crippen LogP contribution in [0.4, 0.5) is 0 Å². The Morgan fingerprint density at radius 3 is 2.77 bits per heavy atom. The van der Waals surface area contributed by atoms with Gasteiger partial charge in [0.2, 0.25) is 0 Å². The second-order valence-corrected chi connectivity index (χ2v) is 7.34. The Morgan fingerprint density at radius 1 is 1.27 bits per heavy atom. The first-order valence-corrected chi connectivity index (χ1v) is 9.44. The normalized spacial score (nSPS) is 17.3. The molecule has 0 bridgehead atoms. The Balaban J connectivity index is 1.68. The Kier molecular flexibility index (Phi) is 5.77. The van der Waals surface area contributed by atoms with Crippen LogP contribution in [-0.2, 0) is 11.8 Å². The van der Waals surface area contributed by atoms with E-state index in [4.69, 9.17) is 4.74 Å². The Morgan fingerprint density at radius 2 is 2.08 bits per heavy atom. The molecule has 0 aliphatic carbocycles. The molecule has 1 saturated heterocycles. The maximum atomic E-state index is 12.7. The first-order chi connectivity index (χ1) is 12.5. The molecule has 5 heteroatoms. The molecule has 26 heavy (non-hydrogen) atoms. The Bertz CT molecular complexity index is 776. The minimum atomic E-state index is -0.0357. The number of aromatic nitrogens is 2. The molecule has 0 radical (unpaired) electrons. The lowest BCUT2D eigenvalue weighted by molar-refractivity contribution is 0.00705. The number of benzene rings is 1. The van der Waals surface area contributed by atoms with Crippen molar-refractivity contribution in [3.05, 3.63) is 41.1 Å². The predicted octanol–water partition coefficient (Wildman–Crippen LogP) is 3.74. The summed E-state index contributed by atoms with van der Waals surface area (Å²) in [4.78, 5) is 14.5. The highest BCUT2D eigenvalue weighted by Gasteiger charge is 2.20. The van der Waals surface area contributed by atoms with Gasteiger partial charge in [0.25, 0.3) is 5.91 Å². The van der Waals surface area contributed by atoms with Gasteiger partial charge in [-0.15, -0.1) is 0 Å². The van der Waals surface area contributed by atoms with Crippen LogP contribution in [0.15, 0.2) is 24.3 Å². The van der Waals surface area contributed by atoms with E-state index in [1.807, 2.05) is 20.2 Å². The fraction of sp³-hybridized carbons (Fsp3) is 0.524. The molecule has 0 N–H and O–H groups in total. The van der Waals surface area contributed by atoms with E-state index in [1.54, 1.807) is 9.58 Å². The van der Waals surface area contributed by atoms with Crippen LogP contribution in [0, 0.1) is 13.8 Å². The van der Waals surface area contributed by atoms with E-state index in [1.165, 1.54) is 17.5 Å². The van der Waals surface area contributed by atoms with Gasteiger partial charge in [-0.2, -0.15) is 5.10 Å². The third-order valence-electron chi connectivity index (χ3n) is 5.31. The van der Waals surface area contributed by atoms with Crippen molar-refractivity contribution >= 4 is 5.91 Å². The molecule has 1 atom stereocenters. The largest absolute Gasteiger partial charge is 0.378 e. The number of carbonyl (C=O) groups excluding carboxylic acids is 1. The third-order valence-corrected chi connectivity index (χ3v) is 5.31. The first-order valence-electron chi connectivity index (χ1n) is 9.44. The van der Waals surface area contributed by atoms with E-state index in [0.29, 0.717) is 12.2 Å². The molecule has 1 fully saturated rings. The van der Waals surface area contributed by atoms with Crippen LogP contribution < -0.4 is 0 Å². The van der Waals surface area contributed by atoms with Gasteiger partial charge in [0.1, 0.15) is 0 Å².